The molecule has 0 atom stereocenters. The van der Waals surface area contributed by atoms with Crippen molar-refractivity contribution in [2.45, 2.75) is 11.3 Å². The Kier molecular flexibility index (Phi) is 6.26. The van der Waals surface area contributed by atoms with Crippen molar-refractivity contribution >= 4 is 21.6 Å². The van der Waals surface area contributed by atoms with Gasteiger partial charge >= 0.3 is 0 Å². The summed E-state index contributed by atoms with van der Waals surface area (Å²) in [4.78, 5) is 21.8. The number of carbonyl (C=O) groups is 1. The van der Waals surface area contributed by atoms with E-state index in [2.05, 4.69) is 5.32 Å². The molecule has 0 unspecified atom stereocenters. The Morgan fingerprint density at radius 3 is 2.27 bits per heavy atom. The topological polar surface area (TPSA) is 142 Å². The Labute approximate surface area is 150 Å². The fourth-order valence-electron chi connectivity index (χ4n) is 2.06. The van der Waals surface area contributed by atoms with Crippen LogP contribution in [0.2, 0.25) is 0 Å². The maximum absolute atomic E-state index is 11.7. The van der Waals surface area contributed by atoms with Gasteiger partial charge in [0.05, 0.1) is 9.82 Å². The number of hydrogen-bond donors (Lipinski definition) is 2. The van der Waals surface area contributed by atoms with Crippen molar-refractivity contribution in [3.8, 4) is 5.75 Å². The molecule has 9 nitrogen and oxygen atoms in total. The maximum Gasteiger partial charge on any atom is 0.269 e. The molecule has 0 fully saturated rings. The summed E-state index contributed by atoms with van der Waals surface area (Å²) in [7, 11) is -3.72. The Balaban J connectivity index is 1.74. The van der Waals surface area contributed by atoms with Gasteiger partial charge < -0.3 is 10.1 Å². The number of nitrogens with two attached hydrogens (primary N) is 1. The summed E-state index contributed by atoms with van der Waals surface area (Å²) in [5, 5.41) is 18.2. The van der Waals surface area contributed by atoms with Gasteiger partial charge in [0.25, 0.3) is 11.6 Å². The van der Waals surface area contributed by atoms with Crippen molar-refractivity contribution in [2.75, 3.05) is 13.2 Å². The van der Waals surface area contributed by atoms with Gasteiger partial charge in [-0.05, 0) is 36.2 Å². The van der Waals surface area contributed by atoms with Crippen molar-refractivity contribution < 1.29 is 22.9 Å². The largest absolute Gasteiger partial charge is 0.484 e. The number of benzene rings is 2. The standard InChI is InChI=1S/C16H17N3O6S/c17-26(23,24)15-7-1-12(2-8-15)9-10-18-16(20)11-25-14-5-3-13(4-6-14)19(21)22/h1-8H,9-11H2,(H,18,20)(H2,17,23,24). The molecule has 26 heavy (non-hydrogen) atoms. The fraction of sp³-hybridized carbons (Fsp3) is 0.188. The lowest BCUT2D eigenvalue weighted by Gasteiger charge is -2.08. The highest BCUT2D eigenvalue weighted by Crippen LogP contribution is 2.17. The SMILES string of the molecule is NS(=O)(=O)c1ccc(CCNC(=O)COc2ccc([N+](=O)[O-])cc2)cc1. The van der Waals surface area contributed by atoms with Crippen molar-refractivity contribution in [3.05, 3.63) is 64.2 Å². The molecule has 0 bridgehead atoms. The van der Waals surface area contributed by atoms with E-state index in [-0.39, 0.29) is 23.1 Å². The average molecular weight is 379 g/mol. The van der Waals surface area contributed by atoms with E-state index in [1.54, 1.807) is 12.1 Å². The summed E-state index contributed by atoms with van der Waals surface area (Å²) in [5.41, 5.74) is 0.782. The maximum atomic E-state index is 11.7. The first-order valence-electron chi connectivity index (χ1n) is 7.51. The van der Waals surface area contributed by atoms with Crippen LogP contribution in [-0.4, -0.2) is 32.4 Å². The normalized spacial score (nSPS) is 11.0. The molecule has 0 saturated heterocycles. The highest BCUT2D eigenvalue weighted by molar-refractivity contribution is 7.89. The molecule has 0 spiro atoms. The van der Waals surface area contributed by atoms with E-state index >= 15 is 0 Å². The average Bonchev–Trinajstić information content (AvgIpc) is 2.60. The van der Waals surface area contributed by atoms with Crippen LogP contribution in [0.3, 0.4) is 0 Å². The lowest BCUT2D eigenvalue weighted by Crippen LogP contribution is -2.30. The molecule has 138 valence electrons. The zero-order chi connectivity index (χ0) is 19.2. The third-order valence-electron chi connectivity index (χ3n) is 3.41. The lowest BCUT2D eigenvalue weighted by molar-refractivity contribution is -0.384. The molecular weight excluding hydrogens is 362 g/mol. The summed E-state index contributed by atoms with van der Waals surface area (Å²) in [5.74, 6) is 0.00819. The summed E-state index contributed by atoms with van der Waals surface area (Å²) < 4.78 is 27.6. The van der Waals surface area contributed by atoms with E-state index in [0.29, 0.717) is 18.7 Å². The summed E-state index contributed by atoms with van der Waals surface area (Å²) in [6.07, 6.45) is 0.508. The van der Waals surface area contributed by atoms with Crippen molar-refractivity contribution in [2.24, 2.45) is 5.14 Å². The van der Waals surface area contributed by atoms with Crippen LogP contribution in [0.15, 0.2) is 53.4 Å². The molecule has 2 rings (SSSR count). The first kappa shape index (κ1) is 19.3. The molecule has 0 aliphatic rings. The molecule has 0 heterocycles. The van der Waals surface area contributed by atoms with E-state index in [1.807, 2.05) is 0 Å². The molecule has 10 heteroatoms. The molecule has 0 aliphatic heterocycles. The second kappa shape index (κ2) is 8.41. The lowest BCUT2D eigenvalue weighted by atomic mass is 10.1. The smallest absolute Gasteiger partial charge is 0.269 e. The minimum absolute atomic E-state index is 0.0294. The Morgan fingerprint density at radius 1 is 1.12 bits per heavy atom. The van der Waals surface area contributed by atoms with Gasteiger partial charge in [-0.15, -0.1) is 0 Å². The van der Waals surface area contributed by atoms with E-state index in [1.165, 1.54) is 36.4 Å². The third-order valence-corrected chi connectivity index (χ3v) is 4.33. The van der Waals surface area contributed by atoms with Crippen LogP contribution in [0.5, 0.6) is 5.75 Å². The minimum atomic E-state index is -3.72. The molecule has 0 aliphatic carbocycles. The predicted octanol–water partition coefficient (Wildman–Crippen LogP) is 0.980. The number of nitrogens with zero attached hydrogens (tertiary/aromatic N) is 1. The zero-order valence-electron chi connectivity index (χ0n) is 13.6. The first-order valence-corrected chi connectivity index (χ1v) is 9.06. The molecule has 0 saturated carbocycles. The minimum Gasteiger partial charge on any atom is -0.484 e. The van der Waals surface area contributed by atoms with Crippen molar-refractivity contribution in [1.82, 2.24) is 5.32 Å². The number of sulfonamides is 1. The van der Waals surface area contributed by atoms with Crippen LogP contribution < -0.4 is 15.2 Å². The molecule has 1 amide bonds. The second-order valence-corrected chi connectivity index (χ2v) is 6.89. The van der Waals surface area contributed by atoms with Crippen LogP contribution in [0.4, 0.5) is 5.69 Å². The number of ether oxygens (including phenoxy) is 1. The molecule has 0 radical (unpaired) electrons. The fourth-order valence-corrected chi connectivity index (χ4v) is 2.57. The van der Waals surface area contributed by atoms with E-state index in [4.69, 9.17) is 9.88 Å². The quantitative estimate of drug-likeness (QED) is 0.517. The number of hydrogen-bond acceptors (Lipinski definition) is 6. The van der Waals surface area contributed by atoms with Crippen LogP contribution in [0.1, 0.15) is 5.56 Å². The van der Waals surface area contributed by atoms with Gasteiger partial charge in [0.15, 0.2) is 6.61 Å². The highest BCUT2D eigenvalue weighted by Gasteiger charge is 2.08. The van der Waals surface area contributed by atoms with Crippen LogP contribution in [0.25, 0.3) is 0 Å². The summed E-state index contributed by atoms with van der Waals surface area (Å²) in [6, 6.07) is 11.5. The molecule has 0 aromatic heterocycles. The molecule has 2 aromatic carbocycles. The van der Waals surface area contributed by atoms with Gasteiger partial charge in [0.1, 0.15) is 5.75 Å². The van der Waals surface area contributed by atoms with Gasteiger partial charge in [-0.3, -0.25) is 14.9 Å². The van der Waals surface area contributed by atoms with Gasteiger partial charge in [0, 0.05) is 18.7 Å². The number of nitro groups is 1. The monoisotopic (exact) mass is 379 g/mol. The Bertz CT molecular complexity index is 879. The number of rotatable bonds is 8. The molecular formula is C16H17N3O6S. The Morgan fingerprint density at radius 2 is 1.73 bits per heavy atom. The summed E-state index contributed by atoms with van der Waals surface area (Å²) >= 11 is 0. The highest BCUT2D eigenvalue weighted by atomic mass is 32.2. The number of nitro benzene ring substituents is 1. The van der Waals surface area contributed by atoms with Crippen LogP contribution in [-0.2, 0) is 21.2 Å². The van der Waals surface area contributed by atoms with Gasteiger partial charge in [0.2, 0.25) is 10.0 Å². The predicted molar refractivity (Wildman–Crippen MR) is 93.1 cm³/mol. The van der Waals surface area contributed by atoms with Crippen molar-refractivity contribution in [3.63, 3.8) is 0 Å². The van der Waals surface area contributed by atoms with Crippen LogP contribution in [0, 0.1) is 10.1 Å². The third kappa shape index (κ3) is 5.83. The van der Waals surface area contributed by atoms with Gasteiger partial charge in [-0.1, -0.05) is 12.1 Å². The van der Waals surface area contributed by atoms with Gasteiger partial charge in [-0.2, -0.15) is 0 Å². The van der Waals surface area contributed by atoms with Crippen molar-refractivity contribution in [1.29, 1.82) is 0 Å². The summed E-state index contributed by atoms with van der Waals surface area (Å²) in [6.45, 7) is 0.124. The van der Waals surface area contributed by atoms with Gasteiger partial charge in [-0.25, -0.2) is 13.6 Å². The second-order valence-electron chi connectivity index (χ2n) is 5.33. The number of carbonyl (C=O) groups excluding carboxylic acids is 1. The number of non-ortho nitro benzene ring substituents is 1. The molecule has 3 N–H and O–H groups in total. The van der Waals surface area contributed by atoms with E-state index in [0.717, 1.165) is 5.56 Å². The number of amides is 1. The molecule has 2 aromatic rings. The zero-order valence-corrected chi connectivity index (χ0v) is 14.4. The first-order chi connectivity index (χ1) is 12.3. The Hall–Kier alpha value is -2.98. The van der Waals surface area contributed by atoms with Crippen LogP contribution >= 0.6 is 0 Å². The number of primary sulfonamides is 1. The number of nitrogens with one attached hydrogen (secondary N) is 1. The van der Waals surface area contributed by atoms with E-state index < -0.39 is 14.9 Å². The van der Waals surface area contributed by atoms with E-state index in [9.17, 15) is 23.3 Å².